The van der Waals surface area contributed by atoms with Gasteiger partial charge in [-0.3, -0.25) is 14.5 Å². The summed E-state index contributed by atoms with van der Waals surface area (Å²) in [5, 5.41) is 12.8. The summed E-state index contributed by atoms with van der Waals surface area (Å²) in [4.78, 5) is 26.5. The van der Waals surface area contributed by atoms with Crippen LogP contribution in [0.15, 0.2) is 30.3 Å². The minimum atomic E-state index is -0.436. The predicted molar refractivity (Wildman–Crippen MR) is 109 cm³/mol. The summed E-state index contributed by atoms with van der Waals surface area (Å²) in [6, 6.07) is 9.17. The number of carbonyl (C=O) groups is 2. The van der Waals surface area contributed by atoms with Crippen LogP contribution in [-0.4, -0.2) is 81.7 Å². The highest BCUT2D eigenvalue weighted by Crippen LogP contribution is 2.01. The SMILES string of the molecule is CC(C(=O)NCC(=O)OCc1ccccc1)N1CCNCCNCCNCC1. The van der Waals surface area contributed by atoms with Gasteiger partial charge in [0.25, 0.3) is 0 Å². The normalized spacial score (nSPS) is 18.3. The number of benzene rings is 1. The molecule has 0 spiro atoms. The Kier molecular flexibility index (Phi) is 10.5. The molecule has 1 aromatic rings. The second kappa shape index (κ2) is 13.2. The smallest absolute Gasteiger partial charge is 0.325 e. The van der Waals surface area contributed by atoms with Gasteiger partial charge >= 0.3 is 5.97 Å². The molecule has 1 aromatic carbocycles. The van der Waals surface area contributed by atoms with Gasteiger partial charge in [0.05, 0.1) is 6.04 Å². The first-order chi connectivity index (χ1) is 13.7. The van der Waals surface area contributed by atoms with Gasteiger partial charge in [-0.2, -0.15) is 0 Å². The van der Waals surface area contributed by atoms with Crippen molar-refractivity contribution < 1.29 is 14.3 Å². The standard InChI is InChI=1S/C20H33N5O3/c1-17(25-13-11-22-9-7-21-8-10-23-12-14-25)20(27)24-15-19(26)28-16-18-5-3-2-4-6-18/h2-6,17,21-23H,7-16H2,1H3,(H,24,27). The second-order valence-corrected chi connectivity index (χ2v) is 6.83. The van der Waals surface area contributed by atoms with Crippen molar-refractivity contribution in [2.45, 2.75) is 19.6 Å². The number of hydrogen-bond donors (Lipinski definition) is 4. The Bertz CT molecular complexity index is 572. The monoisotopic (exact) mass is 391 g/mol. The largest absolute Gasteiger partial charge is 0.460 e. The van der Waals surface area contributed by atoms with Crippen LogP contribution in [0.4, 0.5) is 0 Å². The van der Waals surface area contributed by atoms with Crippen molar-refractivity contribution in [2.24, 2.45) is 0 Å². The van der Waals surface area contributed by atoms with Gasteiger partial charge in [-0.05, 0) is 12.5 Å². The van der Waals surface area contributed by atoms with E-state index in [0.29, 0.717) is 0 Å². The number of rotatable bonds is 6. The van der Waals surface area contributed by atoms with Gasteiger partial charge in [-0.15, -0.1) is 0 Å². The van der Waals surface area contributed by atoms with E-state index in [9.17, 15) is 9.59 Å². The quantitative estimate of drug-likeness (QED) is 0.477. The predicted octanol–water partition coefficient (Wildman–Crippen LogP) is -0.681. The molecular weight excluding hydrogens is 358 g/mol. The average molecular weight is 392 g/mol. The number of nitrogens with one attached hydrogen (secondary N) is 4. The van der Waals surface area contributed by atoms with Crippen LogP contribution < -0.4 is 21.3 Å². The van der Waals surface area contributed by atoms with Crippen LogP contribution >= 0.6 is 0 Å². The maximum atomic E-state index is 12.5. The molecule has 1 heterocycles. The molecule has 0 bridgehead atoms. The Morgan fingerprint density at radius 2 is 1.57 bits per heavy atom. The van der Waals surface area contributed by atoms with E-state index in [4.69, 9.17) is 4.74 Å². The zero-order chi connectivity index (χ0) is 20.0. The Labute approximate surface area is 167 Å². The highest BCUT2D eigenvalue weighted by Gasteiger charge is 2.21. The maximum Gasteiger partial charge on any atom is 0.325 e. The fourth-order valence-corrected chi connectivity index (χ4v) is 2.93. The molecule has 1 amide bonds. The summed E-state index contributed by atoms with van der Waals surface area (Å²) < 4.78 is 5.20. The molecule has 1 aliphatic heterocycles. The van der Waals surface area contributed by atoms with Gasteiger partial charge in [0.2, 0.25) is 5.91 Å². The zero-order valence-corrected chi connectivity index (χ0v) is 16.7. The molecule has 1 aliphatic rings. The average Bonchev–Trinajstić information content (AvgIpc) is 2.71. The van der Waals surface area contributed by atoms with Crippen LogP contribution in [0.1, 0.15) is 12.5 Å². The van der Waals surface area contributed by atoms with Gasteiger partial charge in [-0.25, -0.2) is 0 Å². The maximum absolute atomic E-state index is 12.5. The fraction of sp³-hybridized carbons (Fsp3) is 0.600. The number of amides is 1. The molecule has 8 heteroatoms. The van der Waals surface area contributed by atoms with E-state index in [0.717, 1.165) is 57.9 Å². The summed E-state index contributed by atoms with van der Waals surface area (Å²) in [5.74, 6) is -0.598. The summed E-state index contributed by atoms with van der Waals surface area (Å²) in [6.07, 6.45) is 0. The van der Waals surface area contributed by atoms with Crippen molar-refractivity contribution in [2.75, 3.05) is 58.9 Å². The molecule has 4 N–H and O–H groups in total. The molecular formula is C20H33N5O3. The van der Waals surface area contributed by atoms with Crippen molar-refractivity contribution in [3.05, 3.63) is 35.9 Å². The first-order valence-electron chi connectivity index (χ1n) is 10.0. The Morgan fingerprint density at radius 1 is 1.00 bits per heavy atom. The highest BCUT2D eigenvalue weighted by atomic mass is 16.5. The van der Waals surface area contributed by atoms with E-state index in [2.05, 4.69) is 26.2 Å². The molecule has 28 heavy (non-hydrogen) atoms. The van der Waals surface area contributed by atoms with Gasteiger partial charge in [-0.1, -0.05) is 30.3 Å². The van der Waals surface area contributed by atoms with Gasteiger partial charge in [0.15, 0.2) is 0 Å². The number of hydrogen-bond acceptors (Lipinski definition) is 7. The lowest BCUT2D eigenvalue weighted by molar-refractivity contribution is -0.145. The Morgan fingerprint density at radius 3 is 2.18 bits per heavy atom. The minimum Gasteiger partial charge on any atom is -0.460 e. The van der Waals surface area contributed by atoms with Crippen LogP contribution in [0.5, 0.6) is 0 Å². The lowest BCUT2D eigenvalue weighted by Gasteiger charge is -2.28. The molecule has 1 saturated heterocycles. The van der Waals surface area contributed by atoms with E-state index in [1.165, 1.54) is 0 Å². The lowest BCUT2D eigenvalue weighted by atomic mass is 10.2. The Balaban J connectivity index is 1.73. The number of esters is 1. The summed E-state index contributed by atoms with van der Waals surface area (Å²) in [7, 11) is 0. The van der Waals surface area contributed by atoms with E-state index in [1.807, 2.05) is 37.3 Å². The van der Waals surface area contributed by atoms with Crippen LogP contribution in [0.3, 0.4) is 0 Å². The van der Waals surface area contributed by atoms with Crippen molar-refractivity contribution in [3.8, 4) is 0 Å². The molecule has 0 saturated carbocycles. The first-order valence-corrected chi connectivity index (χ1v) is 10.0. The Hall–Kier alpha value is -2.00. The molecule has 8 nitrogen and oxygen atoms in total. The molecule has 0 radical (unpaired) electrons. The third-order valence-electron chi connectivity index (χ3n) is 4.69. The van der Waals surface area contributed by atoms with E-state index < -0.39 is 5.97 Å². The molecule has 0 aromatic heterocycles. The van der Waals surface area contributed by atoms with Crippen LogP contribution in [0.25, 0.3) is 0 Å². The first kappa shape index (κ1) is 22.3. The van der Waals surface area contributed by atoms with Crippen molar-refractivity contribution in [3.63, 3.8) is 0 Å². The molecule has 156 valence electrons. The fourth-order valence-electron chi connectivity index (χ4n) is 2.93. The number of ether oxygens (including phenoxy) is 1. The van der Waals surface area contributed by atoms with E-state index >= 15 is 0 Å². The van der Waals surface area contributed by atoms with Crippen molar-refractivity contribution in [1.82, 2.24) is 26.2 Å². The zero-order valence-electron chi connectivity index (χ0n) is 16.7. The summed E-state index contributed by atoms with van der Waals surface area (Å²) in [5.41, 5.74) is 0.921. The van der Waals surface area contributed by atoms with E-state index in [-0.39, 0.29) is 25.1 Å². The van der Waals surface area contributed by atoms with E-state index in [1.54, 1.807) is 0 Å². The van der Waals surface area contributed by atoms with Crippen LogP contribution in [0, 0.1) is 0 Å². The lowest BCUT2D eigenvalue weighted by Crippen LogP contribution is -2.51. The topological polar surface area (TPSA) is 94.7 Å². The minimum absolute atomic E-state index is 0.119. The number of carbonyl (C=O) groups excluding carboxylic acids is 2. The van der Waals surface area contributed by atoms with Gasteiger partial charge in [0.1, 0.15) is 13.2 Å². The molecule has 2 rings (SSSR count). The third-order valence-corrected chi connectivity index (χ3v) is 4.69. The van der Waals surface area contributed by atoms with Crippen molar-refractivity contribution >= 4 is 11.9 Å². The summed E-state index contributed by atoms with van der Waals surface area (Å²) >= 11 is 0. The van der Waals surface area contributed by atoms with Crippen LogP contribution in [0.2, 0.25) is 0 Å². The third kappa shape index (κ3) is 8.79. The molecule has 0 aliphatic carbocycles. The van der Waals surface area contributed by atoms with Crippen molar-refractivity contribution in [1.29, 1.82) is 0 Å². The van der Waals surface area contributed by atoms with Gasteiger partial charge < -0.3 is 26.0 Å². The molecule has 1 atom stereocenters. The number of nitrogens with zero attached hydrogens (tertiary/aromatic N) is 1. The molecule has 1 unspecified atom stereocenters. The van der Waals surface area contributed by atoms with Gasteiger partial charge in [0, 0.05) is 52.4 Å². The molecule has 1 fully saturated rings. The summed E-state index contributed by atoms with van der Waals surface area (Å²) in [6.45, 7) is 8.82. The second-order valence-electron chi connectivity index (χ2n) is 6.83. The highest BCUT2D eigenvalue weighted by molar-refractivity contribution is 5.85. The van der Waals surface area contributed by atoms with Crippen LogP contribution in [-0.2, 0) is 20.9 Å².